The minimum atomic E-state index is -1.41. The lowest BCUT2D eigenvalue weighted by atomic mass is 10.3. The maximum atomic E-state index is 11.6. The molecule has 0 saturated carbocycles. The third-order valence-electron chi connectivity index (χ3n) is 1.64. The number of nitrogens with one attached hydrogen (secondary N) is 1. The zero-order chi connectivity index (χ0) is 11.5. The second-order valence-electron chi connectivity index (χ2n) is 4.03. The molecule has 1 aromatic heterocycles. The number of amides is 1. The van der Waals surface area contributed by atoms with Gasteiger partial charge in [-0.2, -0.15) is 0 Å². The molecule has 0 unspecified atom stereocenters. The van der Waals surface area contributed by atoms with Crippen LogP contribution in [0.4, 0.5) is 0 Å². The van der Waals surface area contributed by atoms with Crippen LogP contribution in [-0.4, -0.2) is 19.8 Å². The van der Waals surface area contributed by atoms with E-state index in [4.69, 9.17) is 0 Å². The molecule has 0 bridgehead atoms. The maximum Gasteiger partial charge on any atom is 0.281 e. The summed E-state index contributed by atoms with van der Waals surface area (Å²) >= 11 is 0. The van der Waals surface area contributed by atoms with E-state index in [-0.39, 0.29) is 5.69 Å². The SMILES string of the molecule is CC(C)(C)[S@@](=O)NC(=O)c1ccccn1. The minimum absolute atomic E-state index is 0.273. The van der Waals surface area contributed by atoms with Crippen LogP contribution in [0, 0.1) is 0 Å². The molecule has 1 aromatic rings. The quantitative estimate of drug-likeness (QED) is 0.826. The molecule has 0 spiro atoms. The van der Waals surface area contributed by atoms with E-state index in [0.29, 0.717) is 0 Å². The summed E-state index contributed by atoms with van der Waals surface area (Å²) in [4.78, 5) is 15.4. The second-order valence-corrected chi connectivity index (χ2v) is 5.99. The van der Waals surface area contributed by atoms with Gasteiger partial charge in [0.1, 0.15) is 16.7 Å². The molecular weight excluding hydrogens is 212 g/mol. The molecule has 1 N–H and O–H groups in total. The fourth-order valence-corrected chi connectivity index (χ4v) is 1.37. The molecule has 1 atom stereocenters. The van der Waals surface area contributed by atoms with E-state index < -0.39 is 21.6 Å². The van der Waals surface area contributed by atoms with E-state index in [9.17, 15) is 9.00 Å². The van der Waals surface area contributed by atoms with Crippen LogP contribution >= 0.6 is 0 Å². The Bertz CT molecular complexity index is 371. The van der Waals surface area contributed by atoms with Crippen molar-refractivity contribution in [3.8, 4) is 0 Å². The molecule has 4 nitrogen and oxygen atoms in total. The summed E-state index contributed by atoms with van der Waals surface area (Å²) < 4.78 is 13.5. The Morgan fingerprint density at radius 3 is 2.53 bits per heavy atom. The number of nitrogens with zero attached hydrogens (tertiary/aromatic N) is 1. The second kappa shape index (κ2) is 4.53. The van der Waals surface area contributed by atoms with Crippen LogP contribution in [0.25, 0.3) is 0 Å². The van der Waals surface area contributed by atoms with Gasteiger partial charge in [-0.05, 0) is 32.9 Å². The van der Waals surface area contributed by atoms with Crippen LogP contribution in [-0.2, 0) is 11.0 Å². The monoisotopic (exact) mass is 226 g/mol. The lowest BCUT2D eigenvalue weighted by molar-refractivity contribution is 0.0977. The summed E-state index contributed by atoms with van der Waals surface area (Å²) in [6, 6.07) is 5.01. The van der Waals surface area contributed by atoms with Gasteiger partial charge in [0.15, 0.2) is 0 Å². The number of hydrogen-bond donors (Lipinski definition) is 1. The predicted octanol–water partition coefficient (Wildman–Crippen LogP) is 1.27. The van der Waals surface area contributed by atoms with Gasteiger partial charge >= 0.3 is 0 Å². The first-order valence-corrected chi connectivity index (χ1v) is 5.70. The van der Waals surface area contributed by atoms with E-state index in [1.807, 2.05) is 0 Å². The summed E-state index contributed by atoms with van der Waals surface area (Å²) in [6.45, 7) is 5.38. The zero-order valence-electron chi connectivity index (χ0n) is 8.98. The van der Waals surface area contributed by atoms with Crippen molar-refractivity contribution in [2.45, 2.75) is 25.5 Å². The van der Waals surface area contributed by atoms with Crippen molar-refractivity contribution < 1.29 is 9.00 Å². The van der Waals surface area contributed by atoms with Crippen LogP contribution in [0.3, 0.4) is 0 Å². The summed E-state index contributed by atoms with van der Waals surface area (Å²) in [6.07, 6.45) is 1.52. The van der Waals surface area contributed by atoms with E-state index in [1.165, 1.54) is 6.20 Å². The molecule has 0 aromatic carbocycles. The molecule has 0 aliphatic carbocycles. The smallest absolute Gasteiger partial charge is 0.269 e. The minimum Gasteiger partial charge on any atom is -0.269 e. The standard InChI is InChI=1S/C10H14N2O2S/c1-10(2,3)15(14)12-9(13)8-6-4-5-7-11-8/h4-7H,1-3H3,(H,12,13)/t15-/m1/s1. The molecule has 0 fully saturated rings. The van der Waals surface area contributed by atoms with Gasteiger partial charge in [0.25, 0.3) is 5.91 Å². The van der Waals surface area contributed by atoms with Crippen molar-refractivity contribution >= 4 is 16.9 Å². The molecule has 0 aliphatic rings. The van der Waals surface area contributed by atoms with Crippen LogP contribution in [0.2, 0.25) is 0 Å². The summed E-state index contributed by atoms with van der Waals surface area (Å²) in [5.74, 6) is -0.413. The Kier molecular flexibility index (Phi) is 3.57. The molecule has 82 valence electrons. The normalized spacial score (nSPS) is 13.3. The summed E-state index contributed by atoms with van der Waals surface area (Å²) in [5, 5.41) is 0. The third kappa shape index (κ3) is 3.43. The Balaban J connectivity index is 2.70. The lowest BCUT2D eigenvalue weighted by Crippen LogP contribution is -2.37. The highest BCUT2D eigenvalue weighted by Crippen LogP contribution is 2.09. The van der Waals surface area contributed by atoms with Gasteiger partial charge in [-0.1, -0.05) is 6.07 Å². The highest BCUT2D eigenvalue weighted by Gasteiger charge is 2.22. The van der Waals surface area contributed by atoms with Gasteiger partial charge in [-0.15, -0.1) is 0 Å². The van der Waals surface area contributed by atoms with Crippen molar-refractivity contribution in [2.75, 3.05) is 0 Å². The fourth-order valence-electron chi connectivity index (χ4n) is 0.787. The Morgan fingerprint density at radius 1 is 1.40 bits per heavy atom. The topological polar surface area (TPSA) is 59.1 Å². The molecule has 0 aliphatic heterocycles. The molecule has 0 saturated heterocycles. The zero-order valence-corrected chi connectivity index (χ0v) is 9.80. The van der Waals surface area contributed by atoms with Gasteiger partial charge < -0.3 is 0 Å². The summed E-state index contributed by atoms with van der Waals surface area (Å²) in [5.41, 5.74) is 0.273. The lowest BCUT2D eigenvalue weighted by Gasteiger charge is -2.17. The van der Waals surface area contributed by atoms with Gasteiger partial charge in [-0.3, -0.25) is 14.5 Å². The average Bonchev–Trinajstić information content (AvgIpc) is 2.17. The average molecular weight is 226 g/mol. The number of hydrogen-bond acceptors (Lipinski definition) is 3. The molecule has 1 rings (SSSR count). The highest BCUT2D eigenvalue weighted by molar-refractivity contribution is 7.85. The van der Waals surface area contributed by atoms with E-state index in [1.54, 1.807) is 39.0 Å². The highest BCUT2D eigenvalue weighted by atomic mass is 32.2. The van der Waals surface area contributed by atoms with Crippen LogP contribution in [0.1, 0.15) is 31.3 Å². The maximum absolute atomic E-state index is 11.6. The van der Waals surface area contributed by atoms with Crippen molar-refractivity contribution in [1.29, 1.82) is 0 Å². The van der Waals surface area contributed by atoms with Crippen molar-refractivity contribution in [3.05, 3.63) is 30.1 Å². The first-order valence-electron chi connectivity index (χ1n) is 4.55. The number of carbonyl (C=O) groups excluding carboxylic acids is 1. The molecule has 1 heterocycles. The van der Waals surface area contributed by atoms with Crippen molar-refractivity contribution in [3.63, 3.8) is 0 Å². The van der Waals surface area contributed by atoms with Gasteiger partial charge in [-0.25, -0.2) is 4.21 Å². The number of pyridine rings is 1. The molecule has 1 amide bonds. The fraction of sp³-hybridized carbons (Fsp3) is 0.400. The Morgan fingerprint density at radius 2 is 2.07 bits per heavy atom. The largest absolute Gasteiger partial charge is 0.281 e. The van der Waals surface area contributed by atoms with Gasteiger partial charge in [0.05, 0.1) is 4.75 Å². The van der Waals surface area contributed by atoms with Crippen LogP contribution in [0.15, 0.2) is 24.4 Å². The summed E-state index contributed by atoms with van der Waals surface area (Å²) in [7, 11) is -1.41. The van der Waals surface area contributed by atoms with Gasteiger partial charge in [0.2, 0.25) is 0 Å². The molecule has 5 heteroatoms. The number of rotatable bonds is 2. The molecule has 15 heavy (non-hydrogen) atoms. The number of aromatic nitrogens is 1. The molecule has 0 radical (unpaired) electrons. The van der Waals surface area contributed by atoms with E-state index >= 15 is 0 Å². The third-order valence-corrected chi connectivity index (χ3v) is 3.12. The number of carbonyl (C=O) groups is 1. The predicted molar refractivity (Wildman–Crippen MR) is 59.6 cm³/mol. The van der Waals surface area contributed by atoms with Crippen molar-refractivity contribution in [1.82, 2.24) is 9.71 Å². The van der Waals surface area contributed by atoms with E-state index in [2.05, 4.69) is 9.71 Å². The van der Waals surface area contributed by atoms with Crippen LogP contribution < -0.4 is 4.72 Å². The molecular formula is C10H14N2O2S. The van der Waals surface area contributed by atoms with E-state index in [0.717, 1.165) is 0 Å². The van der Waals surface area contributed by atoms with Gasteiger partial charge in [0, 0.05) is 6.20 Å². The Labute approximate surface area is 91.7 Å². The first kappa shape index (κ1) is 11.8. The first-order chi connectivity index (χ1) is 6.91. The van der Waals surface area contributed by atoms with Crippen molar-refractivity contribution in [2.24, 2.45) is 0 Å². The Hall–Kier alpha value is -1.23. The van der Waals surface area contributed by atoms with Crippen LogP contribution in [0.5, 0.6) is 0 Å².